The zero-order valence-electron chi connectivity index (χ0n) is 7.92. The first-order valence-electron chi connectivity index (χ1n) is 4.23. The molecule has 0 aromatic rings. The third kappa shape index (κ3) is 3.20. The molecule has 0 radical (unpaired) electrons. The van der Waals surface area contributed by atoms with Crippen molar-refractivity contribution in [2.75, 3.05) is 13.2 Å². The van der Waals surface area contributed by atoms with E-state index in [0.717, 1.165) is 0 Å². The van der Waals surface area contributed by atoms with Crippen LogP contribution in [-0.2, 0) is 13.8 Å². The molecule has 1 heterocycles. The first-order valence-corrected chi connectivity index (χ1v) is 5.69. The lowest BCUT2D eigenvalue weighted by Gasteiger charge is -2.43. The van der Waals surface area contributed by atoms with E-state index >= 15 is 0 Å². The van der Waals surface area contributed by atoms with Gasteiger partial charge in [0.05, 0.1) is 14.4 Å². The fraction of sp³-hybridized carbons (Fsp3) is 1.00. The Morgan fingerprint density at radius 2 is 2.00 bits per heavy atom. The topological polar surface area (TPSA) is 163 Å². The van der Waals surface area contributed by atoms with Crippen LogP contribution < -0.4 is 9.79 Å². The molecule has 1 fully saturated rings. The average Bonchev–Trinajstić information content (AvgIpc) is 2.18. The SMILES string of the molecule is O=P([O-])([O-])OC[C@@]1(O)OC[C@H](O)[C@@H](O)[C@@H]1O. The predicted molar refractivity (Wildman–Crippen MR) is 42.5 cm³/mol. The minimum Gasteiger partial charge on any atom is -0.790 e. The van der Waals surface area contributed by atoms with E-state index in [1.54, 1.807) is 0 Å². The van der Waals surface area contributed by atoms with Crippen molar-refractivity contribution in [1.29, 1.82) is 0 Å². The Hall–Kier alpha value is -0.0900. The number of hydrogen-bond acceptors (Lipinski definition) is 9. The van der Waals surface area contributed by atoms with Crippen molar-refractivity contribution in [2.45, 2.75) is 24.1 Å². The number of ether oxygens (including phenoxy) is 1. The van der Waals surface area contributed by atoms with Crippen LogP contribution in [0.15, 0.2) is 0 Å². The van der Waals surface area contributed by atoms with Gasteiger partial charge in [-0.25, -0.2) is 0 Å². The van der Waals surface area contributed by atoms with Crippen LogP contribution in [0, 0.1) is 0 Å². The highest BCUT2D eigenvalue weighted by Gasteiger charge is 2.48. The van der Waals surface area contributed by atoms with Crippen molar-refractivity contribution in [1.82, 2.24) is 0 Å². The maximum Gasteiger partial charge on any atom is 0.219 e. The second kappa shape index (κ2) is 4.65. The second-order valence-corrected chi connectivity index (χ2v) is 4.53. The molecule has 1 aliphatic heterocycles. The molecular formula is C6H11O9P-2. The van der Waals surface area contributed by atoms with Gasteiger partial charge in [-0.1, -0.05) is 0 Å². The number of aliphatic hydroxyl groups excluding tert-OH is 3. The molecule has 0 unspecified atom stereocenters. The number of phosphoric ester groups is 1. The molecule has 16 heavy (non-hydrogen) atoms. The minimum atomic E-state index is -5.33. The van der Waals surface area contributed by atoms with Gasteiger partial charge in [-0.2, -0.15) is 0 Å². The van der Waals surface area contributed by atoms with Crippen LogP contribution in [0.1, 0.15) is 0 Å². The number of rotatable bonds is 3. The van der Waals surface area contributed by atoms with Gasteiger partial charge in [0.15, 0.2) is 0 Å². The molecule has 0 spiro atoms. The molecule has 1 rings (SSSR count). The summed E-state index contributed by atoms with van der Waals surface area (Å²) in [5.41, 5.74) is 0. The molecule has 9 nitrogen and oxygen atoms in total. The predicted octanol–water partition coefficient (Wildman–Crippen LogP) is -4.37. The van der Waals surface area contributed by atoms with E-state index in [1.165, 1.54) is 0 Å². The lowest BCUT2D eigenvalue weighted by Crippen LogP contribution is -2.62. The minimum absolute atomic E-state index is 0.542. The van der Waals surface area contributed by atoms with E-state index in [0.29, 0.717) is 0 Å². The van der Waals surface area contributed by atoms with E-state index in [4.69, 9.17) is 5.11 Å². The van der Waals surface area contributed by atoms with Gasteiger partial charge in [-0.3, -0.25) is 0 Å². The van der Waals surface area contributed by atoms with Crippen LogP contribution in [-0.4, -0.2) is 57.7 Å². The van der Waals surface area contributed by atoms with Crippen LogP contribution in [0.2, 0.25) is 0 Å². The van der Waals surface area contributed by atoms with Gasteiger partial charge in [-0.15, -0.1) is 0 Å². The standard InChI is InChI=1S/C6H13O9P/c7-3-1-14-6(10,5(9)4(3)8)2-15-16(11,12)13/h3-5,7-10H,1-2H2,(H2,11,12,13)/p-2/t3-,4+,5-,6+/m0/s1. The van der Waals surface area contributed by atoms with Gasteiger partial charge in [0.2, 0.25) is 5.79 Å². The summed E-state index contributed by atoms with van der Waals surface area (Å²) in [7, 11) is -5.33. The molecule has 4 N–H and O–H groups in total. The molecule has 1 saturated heterocycles. The zero-order chi connectivity index (χ0) is 12.6. The summed E-state index contributed by atoms with van der Waals surface area (Å²) in [5.74, 6) is -2.55. The van der Waals surface area contributed by atoms with E-state index in [1.807, 2.05) is 0 Å². The van der Waals surface area contributed by atoms with Crippen molar-refractivity contribution in [3.63, 3.8) is 0 Å². The van der Waals surface area contributed by atoms with Crippen molar-refractivity contribution in [3.8, 4) is 0 Å². The maximum absolute atomic E-state index is 10.2. The van der Waals surface area contributed by atoms with Crippen molar-refractivity contribution in [2.24, 2.45) is 0 Å². The fourth-order valence-electron chi connectivity index (χ4n) is 1.19. The summed E-state index contributed by atoms with van der Waals surface area (Å²) in [6.45, 7) is -1.71. The fourth-order valence-corrected chi connectivity index (χ4v) is 1.53. The largest absolute Gasteiger partial charge is 0.790 e. The molecule has 10 heteroatoms. The molecule has 4 atom stereocenters. The summed E-state index contributed by atoms with van der Waals surface area (Å²) in [6.07, 6.45) is -5.16. The Balaban J connectivity index is 2.66. The Morgan fingerprint density at radius 1 is 1.44 bits per heavy atom. The monoisotopic (exact) mass is 258 g/mol. The van der Waals surface area contributed by atoms with E-state index in [9.17, 15) is 29.7 Å². The first kappa shape index (κ1) is 14.0. The summed E-state index contributed by atoms with van der Waals surface area (Å²) >= 11 is 0. The zero-order valence-corrected chi connectivity index (χ0v) is 8.82. The molecule has 0 bridgehead atoms. The van der Waals surface area contributed by atoms with Crippen molar-refractivity contribution < 1.29 is 44.0 Å². The van der Waals surface area contributed by atoms with Gasteiger partial charge in [0.1, 0.15) is 24.9 Å². The van der Waals surface area contributed by atoms with E-state index in [2.05, 4.69) is 9.26 Å². The van der Waals surface area contributed by atoms with Crippen LogP contribution in [0.5, 0.6) is 0 Å². The van der Waals surface area contributed by atoms with Crippen LogP contribution in [0.25, 0.3) is 0 Å². The second-order valence-electron chi connectivity index (χ2n) is 3.38. The molecule has 0 aliphatic carbocycles. The van der Waals surface area contributed by atoms with Crippen molar-refractivity contribution in [3.05, 3.63) is 0 Å². The third-order valence-corrected chi connectivity index (χ3v) is 2.56. The Kier molecular flexibility index (Phi) is 4.06. The van der Waals surface area contributed by atoms with Gasteiger partial charge in [0.25, 0.3) is 0 Å². The smallest absolute Gasteiger partial charge is 0.219 e. The summed E-state index contributed by atoms with van der Waals surface area (Å²) in [4.78, 5) is 20.3. The van der Waals surface area contributed by atoms with Gasteiger partial charge in [-0.05, 0) is 0 Å². The quantitative estimate of drug-likeness (QED) is 0.366. The normalized spacial score (nSPS) is 41.0. The van der Waals surface area contributed by atoms with E-state index < -0.39 is 45.1 Å². The highest BCUT2D eigenvalue weighted by molar-refractivity contribution is 7.43. The Labute approximate surface area is 90.1 Å². The molecule has 0 amide bonds. The first-order chi connectivity index (χ1) is 7.16. The molecule has 0 aromatic carbocycles. The van der Waals surface area contributed by atoms with E-state index in [-0.39, 0.29) is 0 Å². The number of aliphatic hydroxyl groups is 4. The summed E-state index contributed by atoms with van der Waals surface area (Å²) < 4.78 is 18.4. The van der Waals surface area contributed by atoms with Crippen LogP contribution >= 0.6 is 7.82 Å². The lowest BCUT2D eigenvalue weighted by molar-refractivity contribution is -0.363. The number of hydrogen-bond donors (Lipinski definition) is 4. The van der Waals surface area contributed by atoms with Crippen LogP contribution in [0.4, 0.5) is 0 Å². The molecule has 96 valence electrons. The molecule has 1 aliphatic rings. The highest BCUT2D eigenvalue weighted by atomic mass is 31.2. The van der Waals surface area contributed by atoms with Crippen LogP contribution in [0.3, 0.4) is 0 Å². The Morgan fingerprint density at radius 3 is 2.50 bits per heavy atom. The van der Waals surface area contributed by atoms with Crippen molar-refractivity contribution >= 4 is 7.82 Å². The highest BCUT2D eigenvalue weighted by Crippen LogP contribution is 2.31. The lowest BCUT2D eigenvalue weighted by atomic mass is 9.98. The van der Waals surface area contributed by atoms with Gasteiger partial charge in [0, 0.05) is 0 Å². The van der Waals surface area contributed by atoms with Gasteiger partial charge >= 0.3 is 0 Å². The Bertz CT molecular complexity index is 290. The molecule has 0 saturated carbocycles. The molecule has 0 aromatic heterocycles. The maximum atomic E-state index is 10.2. The summed E-state index contributed by atoms with van der Waals surface area (Å²) in [5, 5.41) is 37.1. The van der Waals surface area contributed by atoms with Gasteiger partial charge < -0.3 is 44.0 Å². The summed E-state index contributed by atoms with van der Waals surface area (Å²) in [6, 6.07) is 0. The average molecular weight is 258 g/mol. The molecular weight excluding hydrogens is 247 g/mol. The third-order valence-electron chi connectivity index (χ3n) is 2.11. The number of phosphoric acid groups is 1.